The molecule has 0 atom stereocenters. The van der Waals surface area contributed by atoms with Gasteiger partial charge in [0.1, 0.15) is 5.84 Å². The van der Waals surface area contributed by atoms with E-state index in [0.29, 0.717) is 0 Å². The van der Waals surface area contributed by atoms with E-state index in [1.54, 1.807) is 6.08 Å². The van der Waals surface area contributed by atoms with Crippen molar-refractivity contribution in [2.45, 2.75) is 6.42 Å². The number of benzene rings is 2. The smallest absolute Gasteiger partial charge is 0.137 e. The topological polar surface area (TPSA) is 42.6 Å². The zero-order chi connectivity index (χ0) is 17.9. The number of nitriles is 1. The number of aliphatic imine (C=N–C) groups is 1. The van der Waals surface area contributed by atoms with Crippen molar-refractivity contribution in [2.75, 3.05) is 33.2 Å². The maximum Gasteiger partial charge on any atom is 0.137 e. The number of hydrogen-bond donors (Lipinski definition) is 0. The lowest BCUT2D eigenvalue weighted by atomic mass is 9.93. The first-order valence-electron chi connectivity index (χ1n) is 9.09. The standard InChI is InChI=1S/C22H22N4/c1-25-13-6-14-26(16-15-25)22-20-9-3-2-7-17(20)18(11-12-23)19-8-4-5-10-21(19)24-22/h2-5,7-11H,6,13-16H2,1H3/b18-11+. The van der Waals surface area contributed by atoms with Crippen molar-refractivity contribution in [3.05, 3.63) is 71.3 Å². The molecule has 4 rings (SSSR count). The van der Waals surface area contributed by atoms with E-state index in [2.05, 4.69) is 47.2 Å². The van der Waals surface area contributed by atoms with Crippen LogP contribution in [0.4, 0.5) is 5.69 Å². The molecule has 0 N–H and O–H groups in total. The Morgan fingerprint density at radius 1 is 0.923 bits per heavy atom. The third kappa shape index (κ3) is 3.02. The van der Waals surface area contributed by atoms with Gasteiger partial charge in [-0.3, -0.25) is 0 Å². The highest BCUT2D eigenvalue weighted by molar-refractivity contribution is 6.08. The fourth-order valence-electron chi connectivity index (χ4n) is 3.75. The molecule has 0 amide bonds. The van der Waals surface area contributed by atoms with Crippen LogP contribution in [0.3, 0.4) is 0 Å². The van der Waals surface area contributed by atoms with E-state index in [0.717, 1.165) is 66.4 Å². The molecule has 2 aromatic rings. The monoisotopic (exact) mass is 342 g/mol. The molecule has 4 nitrogen and oxygen atoms in total. The molecule has 2 aliphatic heterocycles. The minimum Gasteiger partial charge on any atom is -0.355 e. The lowest BCUT2D eigenvalue weighted by Gasteiger charge is -2.25. The molecule has 0 unspecified atom stereocenters. The highest BCUT2D eigenvalue weighted by Crippen LogP contribution is 2.37. The fraction of sp³-hybridized carbons (Fsp3) is 0.273. The molecule has 0 bridgehead atoms. The number of likely N-dealkylation sites (N-methyl/N-ethyl adjacent to an activating group) is 1. The zero-order valence-electron chi connectivity index (χ0n) is 15.0. The number of para-hydroxylation sites is 1. The molecule has 2 aromatic carbocycles. The van der Waals surface area contributed by atoms with Gasteiger partial charge in [0.2, 0.25) is 0 Å². The summed E-state index contributed by atoms with van der Waals surface area (Å²) < 4.78 is 0. The molecule has 2 aliphatic rings. The summed E-state index contributed by atoms with van der Waals surface area (Å²) in [7, 11) is 2.18. The number of rotatable bonds is 0. The number of allylic oxidation sites excluding steroid dienone is 1. The second-order valence-electron chi connectivity index (χ2n) is 6.83. The van der Waals surface area contributed by atoms with Gasteiger partial charge in [-0.05, 0) is 31.6 Å². The molecule has 0 aliphatic carbocycles. The van der Waals surface area contributed by atoms with E-state index < -0.39 is 0 Å². The summed E-state index contributed by atoms with van der Waals surface area (Å²) >= 11 is 0. The van der Waals surface area contributed by atoms with E-state index >= 15 is 0 Å². The van der Waals surface area contributed by atoms with Crippen LogP contribution in [0, 0.1) is 11.3 Å². The summed E-state index contributed by atoms with van der Waals surface area (Å²) in [5, 5.41) is 9.36. The summed E-state index contributed by atoms with van der Waals surface area (Å²) in [5.74, 6) is 1.02. The Bertz CT molecular complexity index is 920. The molecule has 130 valence electrons. The number of hydrogen-bond acceptors (Lipinski definition) is 4. The minimum atomic E-state index is 0.929. The van der Waals surface area contributed by atoms with Gasteiger partial charge in [0, 0.05) is 42.4 Å². The summed E-state index contributed by atoms with van der Waals surface area (Å²) in [6.07, 6.45) is 2.77. The molecule has 0 saturated carbocycles. The predicted molar refractivity (Wildman–Crippen MR) is 105 cm³/mol. The van der Waals surface area contributed by atoms with Crippen LogP contribution in [-0.4, -0.2) is 48.9 Å². The maximum atomic E-state index is 9.36. The van der Waals surface area contributed by atoms with Crippen LogP contribution >= 0.6 is 0 Å². The van der Waals surface area contributed by atoms with E-state index in [1.807, 2.05) is 24.3 Å². The number of nitrogens with zero attached hydrogens (tertiary/aromatic N) is 4. The van der Waals surface area contributed by atoms with Gasteiger partial charge in [0.25, 0.3) is 0 Å². The largest absolute Gasteiger partial charge is 0.355 e. The van der Waals surface area contributed by atoms with Gasteiger partial charge in [0.05, 0.1) is 11.8 Å². The van der Waals surface area contributed by atoms with E-state index in [9.17, 15) is 5.26 Å². The molecular formula is C22H22N4. The van der Waals surface area contributed by atoms with Crippen molar-refractivity contribution < 1.29 is 0 Å². The van der Waals surface area contributed by atoms with Crippen LogP contribution in [0.1, 0.15) is 23.1 Å². The van der Waals surface area contributed by atoms with Gasteiger partial charge in [0.15, 0.2) is 0 Å². The quantitative estimate of drug-likeness (QED) is 0.686. The average molecular weight is 342 g/mol. The third-order valence-corrected chi connectivity index (χ3v) is 5.11. The Kier molecular flexibility index (Phi) is 4.55. The lowest BCUT2D eigenvalue weighted by molar-refractivity contribution is 0.346. The molecule has 26 heavy (non-hydrogen) atoms. The van der Waals surface area contributed by atoms with Gasteiger partial charge in [-0.2, -0.15) is 5.26 Å². The highest BCUT2D eigenvalue weighted by Gasteiger charge is 2.25. The van der Waals surface area contributed by atoms with Crippen LogP contribution < -0.4 is 0 Å². The van der Waals surface area contributed by atoms with E-state index in [1.165, 1.54) is 0 Å². The third-order valence-electron chi connectivity index (χ3n) is 5.11. The summed E-state index contributed by atoms with van der Waals surface area (Å²) in [6.45, 7) is 4.10. The molecule has 0 spiro atoms. The maximum absolute atomic E-state index is 9.36. The summed E-state index contributed by atoms with van der Waals surface area (Å²) in [6, 6.07) is 18.6. The predicted octanol–water partition coefficient (Wildman–Crippen LogP) is 3.67. The zero-order valence-corrected chi connectivity index (χ0v) is 15.0. The van der Waals surface area contributed by atoms with Crippen LogP contribution in [0.5, 0.6) is 0 Å². The van der Waals surface area contributed by atoms with Crippen molar-refractivity contribution >= 4 is 17.1 Å². The van der Waals surface area contributed by atoms with Gasteiger partial charge >= 0.3 is 0 Å². The lowest BCUT2D eigenvalue weighted by Crippen LogP contribution is -2.35. The van der Waals surface area contributed by atoms with Gasteiger partial charge in [-0.1, -0.05) is 42.5 Å². The first kappa shape index (κ1) is 16.6. The Balaban J connectivity index is 1.91. The second kappa shape index (κ2) is 7.15. The molecule has 0 radical (unpaired) electrons. The second-order valence-corrected chi connectivity index (χ2v) is 6.83. The molecular weight excluding hydrogens is 320 g/mol. The molecule has 0 aromatic heterocycles. The Labute approximate surface area is 154 Å². The van der Waals surface area contributed by atoms with Crippen LogP contribution in [0.15, 0.2) is 59.6 Å². The molecule has 1 saturated heterocycles. The summed E-state index contributed by atoms with van der Waals surface area (Å²) in [4.78, 5) is 9.85. The Morgan fingerprint density at radius 2 is 1.65 bits per heavy atom. The van der Waals surface area contributed by atoms with Crippen LogP contribution in [0.2, 0.25) is 0 Å². The van der Waals surface area contributed by atoms with Gasteiger partial charge in [-0.25, -0.2) is 4.99 Å². The minimum absolute atomic E-state index is 0.929. The normalized spacial score (nSPS) is 19.0. The van der Waals surface area contributed by atoms with Crippen molar-refractivity contribution in [1.82, 2.24) is 9.80 Å². The SMILES string of the molecule is CN1CCCN(C2=Nc3ccccc3/C(=C/C#N)c3ccccc32)CC1. The van der Waals surface area contributed by atoms with Crippen LogP contribution in [-0.2, 0) is 0 Å². The highest BCUT2D eigenvalue weighted by atomic mass is 15.2. The molecule has 1 fully saturated rings. The average Bonchev–Trinajstić information content (AvgIpc) is 2.96. The molecule has 4 heteroatoms. The van der Waals surface area contributed by atoms with E-state index in [-0.39, 0.29) is 0 Å². The van der Waals surface area contributed by atoms with Crippen molar-refractivity contribution in [2.24, 2.45) is 4.99 Å². The van der Waals surface area contributed by atoms with Crippen LogP contribution in [0.25, 0.3) is 5.57 Å². The van der Waals surface area contributed by atoms with E-state index in [4.69, 9.17) is 4.99 Å². The fourth-order valence-corrected chi connectivity index (χ4v) is 3.75. The number of amidine groups is 1. The van der Waals surface area contributed by atoms with Gasteiger partial charge < -0.3 is 9.80 Å². The summed E-state index contributed by atoms with van der Waals surface area (Å²) in [5.41, 5.74) is 5.08. The number of fused-ring (bicyclic) bond motifs is 2. The van der Waals surface area contributed by atoms with Gasteiger partial charge in [-0.15, -0.1) is 0 Å². The first-order valence-corrected chi connectivity index (χ1v) is 9.09. The Morgan fingerprint density at radius 3 is 2.46 bits per heavy atom. The van der Waals surface area contributed by atoms with Crippen molar-refractivity contribution in [3.8, 4) is 6.07 Å². The first-order chi connectivity index (χ1) is 12.8. The molecule has 2 heterocycles. The van der Waals surface area contributed by atoms with Crippen molar-refractivity contribution in [3.63, 3.8) is 0 Å². The Hall–Kier alpha value is -2.90. The van der Waals surface area contributed by atoms with Crippen molar-refractivity contribution in [1.29, 1.82) is 5.26 Å².